The Morgan fingerprint density at radius 2 is 1.81 bits per heavy atom. The third kappa shape index (κ3) is 3.13. The molecule has 4 aromatic rings. The van der Waals surface area contributed by atoms with E-state index in [-0.39, 0.29) is 11.5 Å². The number of hydrogen-bond acceptors (Lipinski definition) is 3. The number of nitrogens with one attached hydrogen (secondary N) is 1. The van der Waals surface area contributed by atoms with Crippen molar-refractivity contribution in [2.45, 2.75) is 26.9 Å². The van der Waals surface area contributed by atoms with Crippen molar-refractivity contribution in [3.8, 4) is 0 Å². The van der Waals surface area contributed by atoms with Crippen LogP contribution in [0.3, 0.4) is 0 Å². The first-order valence-electron chi connectivity index (χ1n) is 8.88. The van der Waals surface area contributed by atoms with Gasteiger partial charge in [-0.15, -0.1) is 5.10 Å². The van der Waals surface area contributed by atoms with Crippen molar-refractivity contribution in [1.29, 1.82) is 0 Å². The van der Waals surface area contributed by atoms with Gasteiger partial charge in [-0.2, -0.15) is 0 Å². The van der Waals surface area contributed by atoms with Crippen LogP contribution in [0.15, 0.2) is 47.3 Å². The van der Waals surface area contributed by atoms with Crippen LogP contribution in [-0.4, -0.2) is 14.2 Å². The van der Waals surface area contributed by atoms with E-state index in [4.69, 9.17) is 0 Å². The fraction of sp³-hybridized carbons (Fsp3) is 0.238. The number of halogens is 1. The molecule has 0 spiro atoms. The van der Waals surface area contributed by atoms with Crippen LogP contribution in [0.4, 0.5) is 4.39 Å². The quantitative estimate of drug-likeness (QED) is 0.605. The maximum absolute atomic E-state index is 13.0. The molecule has 2 aromatic carbocycles. The molecule has 27 heavy (non-hydrogen) atoms. The SMILES string of the molecule is Cc1cc(C)c2cc(CNCc3ccc(F)cc3)c3nn(C)c(=O)n3c2c1. The zero-order chi connectivity index (χ0) is 19.1. The zero-order valence-corrected chi connectivity index (χ0v) is 15.6. The Morgan fingerprint density at radius 3 is 2.56 bits per heavy atom. The second-order valence-corrected chi connectivity index (χ2v) is 6.98. The summed E-state index contributed by atoms with van der Waals surface area (Å²) in [4.78, 5) is 12.7. The van der Waals surface area contributed by atoms with Crippen LogP contribution in [-0.2, 0) is 20.1 Å². The Labute approximate surface area is 156 Å². The van der Waals surface area contributed by atoms with Crippen LogP contribution in [0.2, 0.25) is 0 Å². The molecule has 0 bridgehead atoms. The topological polar surface area (TPSA) is 51.3 Å². The van der Waals surface area contributed by atoms with Crippen LogP contribution in [0, 0.1) is 19.7 Å². The zero-order valence-electron chi connectivity index (χ0n) is 15.6. The second kappa shape index (κ2) is 6.63. The van der Waals surface area contributed by atoms with Crippen molar-refractivity contribution >= 4 is 16.6 Å². The van der Waals surface area contributed by atoms with Gasteiger partial charge < -0.3 is 5.32 Å². The minimum atomic E-state index is -0.242. The smallest absolute Gasteiger partial charge is 0.308 e. The van der Waals surface area contributed by atoms with E-state index >= 15 is 0 Å². The van der Waals surface area contributed by atoms with Gasteiger partial charge in [0.25, 0.3) is 0 Å². The van der Waals surface area contributed by atoms with Crippen molar-refractivity contribution in [3.63, 3.8) is 0 Å². The molecule has 0 saturated heterocycles. The van der Waals surface area contributed by atoms with Gasteiger partial charge in [0.15, 0.2) is 5.65 Å². The van der Waals surface area contributed by atoms with E-state index in [1.807, 2.05) is 13.0 Å². The normalized spacial score (nSPS) is 11.6. The van der Waals surface area contributed by atoms with Crippen LogP contribution in [0.25, 0.3) is 16.6 Å². The van der Waals surface area contributed by atoms with E-state index in [0.29, 0.717) is 18.7 Å². The van der Waals surface area contributed by atoms with Crippen LogP contribution in [0.1, 0.15) is 22.3 Å². The average molecular weight is 364 g/mol. The van der Waals surface area contributed by atoms with Crippen molar-refractivity contribution in [3.05, 3.63) is 81.0 Å². The summed E-state index contributed by atoms with van der Waals surface area (Å²) in [6.07, 6.45) is 0. The first-order valence-corrected chi connectivity index (χ1v) is 8.88. The number of aromatic nitrogens is 3. The van der Waals surface area contributed by atoms with Crippen molar-refractivity contribution in [2.24, 2.45) is 7.05 Å². The summed E-state index contributed by atoms with van der Waals surface area (Å²) in [5.74, 6) is -0.242. The van der Waals surface area contributed by atoms with Gasteiger partial charge in [0.1, 0.15) is 5.82 Å². The van der Waals surface area contributed by atoms with Gasteiger partial charge in [0, 0.05) is 31.1 Å². The molecule has 0 unspecified atom stereocenters. The van der Waals surface area contributed by atoms with Crippen molar-refractivity contribution < 1.29 is 4.39 Å². The lowest BCUT2D eigenvalue weighted by Gasteiger charge is -2.11. The highest BCUT2D eigenvalue weighted by Gasteiger charge is 2.14. The van der Waals surface area contributed by atoms with E-state index < -0.39 is 0 Å². The largest absolute Gasteiger partial charge is 0.350 e. The highest BCUT2D eigenvalue weighted by Crippen LogP contribution is 2.24. The molecule has 5 nitrogen and oxygen atoms in total. The lowest BCUT2D eigenvalue weighted by molar-refractivity contribution is 0.625. The van der Waals surface area contributed by atoms with Gasteiger partial charge >= 0.3 is 5.69 Å². The van der Waals surface area contributed by atoms with E-state index in [1.54, 1.807) is 23.6 Å². The van der Waals surface area contributed by atoms with Gasteiger partial charge in [-0.3, -0.25) is 0 Å². The molecular formula is C21H21FN4O. The Morgan fingerprint density at radius 1 is 1.07 bits per heavy atom. The fourth-order valence-corrected chi connectivity index (χ4v) is 3.53. The standard InChI is InChI=1S/C21H21FN4O/c1-13-8-14(2)18-10-16(12-23-11-15-4-6-17(22)7-5-15)20-24-25(3)21(27)26(20)19(18)9-13/h4-10,23H,11-12H2,1-3H3. The molecule has 0 saturated carbocycles. The third-order valence-corrected chi connectivity index (χ3v) is 4.84. The number of rotatable bonds is 4. The summed E-state index contributed by atoms with van der Waals surface area (Å²) < 4.78 is 16.1. The lowest BCUT2D eigenvalue weighted by atomic mass is 10.0. The summed E-state index contributed by atoms with van der Waals surface area (Å²) in [6, 6.07) is 12.7. The van der Waals surface area contributed by atoms with E-state index in [1.165, 1.54) is 16.8 Å². The first-order chi connectivity index (χ1) is 12.9. The number of hydrogen-bond donors (Lipinski definition) is 1. The minimum Gasteiger partial charge on any atom is -0.308 e. The summed E-state index contributed by atoms with van der Waals surface area (Å²) in [6.45, 7) is 5.24. The first kappa shape index (κ1) is 17.4. The molecule has 0 amide bonds. The molecule has 1 N–H and O–H groups in total. The highest BCUT2D eigenvalue weighted by atomic mass is 19.1. The van der Waals surface area contributed by atoms with E-state index in [9.17, 15) is 9.18 Å². The fourth-order valence-electron chi connectivity index (χ4n) is 3.53. The summed E-state index contributed by atoms with van der Waals surface area (Å²) in [5.41, 5.74) is 5.57. The second-order valence-electron chi connectivity index (χ2n) is 6.98. The van der Waals surface area contributed by atoms with Gasteiger partial charge in [-0.05, 0) is 54.8 Å². The van der Waals surface area contributed by atoms with Crippen LogP contribution >= 0.6 is 0 Å². The molecule has 2 heterocycles. The maximum Gasteiger partial charge on any atom is 0.350 e. The number of benzene rings is 2. The molecule has 138 valence electrons. The molecule has 0 aliphatic heterocycles. The summed E-state index contributed by atoms with van der Waals surface area (Å²) in [7, 11) is 1.67. The molecule has 0 fully saturated rings. The van der Waals surface area contributed by atoms with Crippen molar-refractivity contribution in [2.75, 3.05) is 0 Å². The molecule has 0 radical (unpaired) electrons. The molecule has 4 rings (SSSR count). The molecule has 0 aliphatic rings. The summed E-state index contributed by atoms with van der Waals surface area (Å²) in [5, 5.41) is 8.85. The maximum atomic E-state index is 13.0. The lowest BCUT2D eigenvalue weighted by Crippen LogP contribution is -2.19. The van der Waals surface area contributed by atoms with Crippen LogP contribution in [0.5, 0.6) is 0 Å². The average Bonchev–Trinajstić information content (AvgIpc) is 2.93. The minimum absolute atomic E-state index is 0.152. The summed E-state index contributed by atoms with van der Waals surface area (Å²) >= 11 is 0. The molecule has 2 aromatic heterocycles. The highest BCUT2D eigenvalue weighted by molar-refractivity contribution is 5.87. The Balaban J connectivity index is 1.76. The van der Waals surface area contributed by atoms with E-state index in [0.717, 1.165) is 33.2 Å². The molecular weight excluding hydrogens is 343 g/mol. The van der Waals surface area contributed by atoms with E-state index in [2.05, 4.69) is 29.5 Å². The predicted octanol–water partition coefficient (Wildman–Crippen LogP) is 3.23. The third-order valence-electron chi connectivity index (χ3n) is 4.84. The van der Waals surface area contributed by atoms with Gasteiger partial charge in [0.05, 0.1) is 5.52 Å². The van der Waals surface area contributed by atoms with Crippen molar-refractivity contribution in [1.82, 2.24) is 19.5 Å². The molecule has 0 aliphatic carbocycles. The van der Waals surface area contributed by atoms with Gasteiger partial charge in [-0.25, -0.2) is 18.3 Å². The van der Waals surface area contributed by atoms with Gasteiger partial charge in [-0.1, -0.05) is 18.2 Å². The van der Waals surface area contributed by atoms with Crippen LogP contribution < -0.4 is 11.0 Å². The number of pyridine rings is 1. The number of nitrogens with zero attached hydrogens (tertiary/aromatic N) is 3. The Hall–Kier alpha value is -2.99. The molecule has 0 atom stereocenters. The number of fused-ring (bicyclic) bond motifs is 3. The van der Waals surface area contributed by atoms with Gasteiger partial charge in [0.2, 0.25) is 0 Å². The monoisotopic (exact) mass is 364 g/mol. The number of aryl methyl sites for hydroxylation is 3. The molecule has 6 heteroatoms. The Kier molecular flexibility index (Phi) is 4.28. The predicted molar refractivity (Wildman–Crippen MR) is 104 cm³/mol. The Bertz CT molecular complexity index is 1210.